The Kier molecular flexibility index (Phi) is 2.24. The largest absolute Gasteiger partial charge is 0.304 e. The lowest BCUT2D eigenvalue weighted by molar-refractivity contribution is 1.21. The molecule has 0 aliphatic carbocycles. The zero-order valence-corrected chi connectivity index (χ0v) is 6.65. The van der Waals surface area contributed by atoms with Gasteiger partial charge in [0.1, 0.15) is 0 Å². The Morgan fingerprint density at radius 1 is 1.44 bits per heavy atom. The van der Waals surface area contributed by atoms with E-state index < -0.39 is 0 Å². The number of nitrogens with zero attached hydrogens (tertiary/aromatic N) is 2. The van der Waals surface area contributed by atoms with Gasteiger partial charge in [-0.1, -0.05) is 11.6 Å². The zero-order chi connectivity index (χ0) is 6.69. The zero-order valence-electron chi connectivity index (χ0n) is 4.31. The lowest BCUT2D eigenvalue weighted by Crippen LogP contribution is -1.87. The van der Waals surface area contributed by atoms with Gasteiger partial charge in [-0.05, 0) is 0 Å². The first-order chi connectivity index (χ1) is 4.34. The second-order valence-corrected chi connectivity index (χ2v) is 2.04. The SMILES string of the molecule is Clc1nccnc1NBr. The van der Waals surface area contributed by atoms with Gasteiger partial charge in [-0.2, -0.15) is 0 Å². The average Bonchev–Trinajstić information content (AvgIpc) is 1.89. The first-order valence-corrected chi connectivity index (χ1v) is 3.35. The molecule has 0 aliphatic rings. The highest BCUT2D eigenvalue weighted by molar-refractivity contribution is 9.10. The highest BCUT2D eigenvalue weighted by Crippen LogP contribution is 2.14. The van der Waals surface area contributed by atoms with Crippen molar-refractivity contribution in [1.29, 1.82) is 0 Å². The number of hydrogen-bond acceptors (Lipinski definition) is 3. The number of aromatic nitrogens is 2. The molecule has 0 aromatic carbocycles. The summed E-state index contributed by atoms with van der Waals surface area (Å²) in [6, 6.07) is 0. The van der Waals surface area contributed by atoms with Crippen LogP contribution in [0.1, 0.15) is 0 Å². The van der Waals surface area contributed by atoms with Crippen LogP contribution < -0.4 is 4.34 Å². The minimum Gasteiger partial charge on any atom is -0.304 e. The standard InChI is InChI=1S/C4H3BrClN3/c5-9-4-3(6)7-1-2-8-4/h1-2H,(H,8,9). The van der Waals surface area contributed by atoms with Gasteiger partial charge in [-0.25, -0.2) is 9.97 Å². The quantitative estimate of drug-likeness (QED) is 0.716. The van der Waals surface area contributed by atoms with Crippen molar-refractivity contribution in [3.8, 4) is 0 Å². The van der Waals surface area contributed by atoms with Crippen molar-refractivity contribution < 1.29 is 0 Å². The summed E-state index contributed by atoms with van der Waals surface area (Å²) < 4.78 is 2.60. The van der Waals surface area contributed by atoms with Crippen molar-refractivity contribution in [1.82, 2.24) is 9.97 Å². The Morgan fingerprint density at radius 3 is 2.56 bits per heavy atom. The maximum Gasteiger partial charge on any atom is 0.173 e. The Hall–Kier alpha value is -0.350. The summed E-state index contributed by atoms with van der Waals surface area (Å²) in [5, 5.41) is 0.356. The molecule has 0 amide bonds. The van der Waals surface area contributed by atoms with E-state index in [1.165, 1.54) is 6.20 Å². The molecule has 0 unspecified atom stereocenters. The van der Waals surface area contributed by atoms with Gasteiger partial charge < -0.3 is 4.34 Å². The van der Waals surface area contributed by atoms with Gasteiger partial charge in [0, 0.05) is 28.5 Å². The maximum absolute atomic E-state index is 5.56. The molecular weight excluding hydrogens is 205 g/mol. The van der Waals surface area contributed by atoms with Crippen molar-refractivity contribution in [2.75, 3.05) is 4.34 Å². The van der Waals surface area contributed by atoms with Crippen molar-refractivity contribution >= 4 is 33.6 Å². The molecule has 0 atom stereocenters. The fourth-order valence-electron chi connectivity index (χ4n) is 0.384. The molecule has 9 heavy (non-hydrogen) atoms. The van der Waals surface area contributed by atoms with E-state index in [1.54, 1.807) is 6.20 Å². The van der Waals surface area contributed by atoms with Crippen molar-refractivity contribution in [3.05, 3.63) is 17.5 Å². The van der Waals surface area contributed by atoms with Crippen LogP contribution in [0.3, 0.4) is 0 Å². The van der Waals surface area contributed by atoms with Gasteiger partial charge in [0.05, 0.1) is 0 Å². The molecule has 0 fully saturated rings. The van der Waals surface area contributed by atoms with Crippen molar-refractivity contribution in [2.45, 2.75) is 0 Å². The molecule has 1 N–H and O–H groups in total. The third kappa shape index (κ3) is 1.53. The number of rotatable bonds is 1. The van der Waals surface area contributed by atoms with E-state index in [-0.39, 0.29) is 0 Å². The summed E-state index contributed by atoms with van der Waals surface area (Å²) in [6.07, 6.45) is 3.08. The molecule has 1 aromatic rings. The van der Waals surface area contributed by atoms with E-state index in [2.05, 4.69) is 30.5 Å². The fraction of sp³-hybridized carbons (Fsp3) is 0. The maximum atomic E-state index is 5.56. The van der Waals surface area contributed by atoms with Crippen molar-refractivity contribution in [3.63, 3.8) is 0 Å². The lowest BCUT2D eigenvalue weighted by Gasteiger charge is -1.95. The van der Waals surface area contributed by atoms with Crippen LogP contribution in [0.2, 0.25) is 5.15 Å². The molecule has 1 heterocycles. The third-order valence-corrected chi connectivity index (χ3v) is 1.40. The second-order valence-electron chi connectivity index (χ2n) is 1.29. The van der Waals surface area contributed by atoms with Crippen molar-refractivity contribution in [2.24, 2.45) is 0 Å². The van der Waals surface area contributed by atoms with E-state index in [4.69, 9.17) is 11.6 Å². The molecule has 0 saturated carbocycles. The Balaban J connectivity index is 3.01. The molecule has 0 spiro atoms. The van der Waals surface area contributed by atoms with Gasteiger partial charge >= 0.3 is 0 Å². The van der Waals surface area contributed by atoms with E-state index in [1.807, 2.05) is 0 Å². The molecule has 1 rings (SSSR count). The highest BCUT2D eigenvalue weighted by Gasteiger charge is 1.96. The third-order valence-electron chi connectivity index (χ3n) is 0.743. The van der Waals surface area contributed by atoms with Crippen LogP contribution in [-0.4, -0.2) is 9.97 Å². The first-order valence-electron chi connectivity index (χ1n) is 2.17. The summed E-state index contributed by atoms with van der Waals surface area (Å²) >= 11 is 8.53. The number of hydrogen-bond donors (Lipinski definition) is 1. The molecule has 0 bridgehead atoms. The van der Waals surface area contributed by atoms with Gasteiger partial charge in [-0.15, -0.1) is 0 Å². The number of anilines is 1. The molecule has 48 valence electrons. The summed E-state index contributed by atoms with van der Waals surface area (Å²) in [6.45, 7) is 0. The summed E-state index contributed by atoms with van der Waals surface area (Å²) in [5.41, 5.74) is 0. The van der Waals surface area contributed by atoms with E-state index in [9.17, 15) is 0 Å². The van der Waals surface area contributed by atoms with Crippen LogP contribution >= 0.6 is 27.7 Å². The predicted octanol–water partition coefficient (Wildman–Crippen LogP) is 1.85. The van der Waals surface area contributed by atoms with E-state index in [0.717, 1.165) is 0 Å². The summed E-state index contributed by atoms with van der Waals surface area (Å²) in [7, 11) is 0. The molecule has 0 radical (unpaired) electrons. The average molecular weight is 208 g/mol. The van der Waals surface area contributed by atoms with Crippen LogP contribution in [0.4, 0.5) is 5.82 Å². The minimum atomic E-state index is 0.356. The van der Waals surface area contributed by atoms with Gasteiger partial charge in [0.15, 0.2) is 11.0 Å². The number of nitrogens with one attached hydrogen (secondary N) is 1. The Bertz CT molecular complexity index is 205. The first kappa shape index (κ1) is 6.77. The second kappa shape index (κ2) is 2.98. The Labute approximate surface area is 65.8 Å². The normalized spacial score (nSPS) is 9.11. The molecule has 0 aliphatic heterocycles. The van der Waals surface area contributed by atoms with Crippen LogP contribution in [0, 0.1) is 0 Å². The highest BCUT2D eigenvalue weighted by atomic mass is 79.9. The fourth-order valence-corrected chi connectivity index (χ4v) is 0.941. The molecule has 0 saturated heterocycles. The van der Waals surface area contributed by atoms with E-state index in [0.29, 0.717) is 11.0 Å². The van der Waals surface area contributed by atoms with Crippen LogP contribution in [-0.2, 0) is 0 Å². The van der Waals surface area contributed by atoms with Gasteiger partial charge in [-0.3, -0.25) is 0 Å². The minimum absolute atomic E-state index is 0.356. The molecule has 5 heteroatoms. The molecule has 1 aromatic heterocycles. The van der Waals surface area contributed by atoms with Gasteiger partial charge in [0.25, 0.3) is 0 Å². The smallest absolute Gasteiger partial charge is 0.173 e. The molecule has 3 nitrogen and oxygen atoms in total. The monoisotopic (exact) mass is 207 g/mol. The Morgan fingerprint density at radius 2 is 2.11 bits per heavy atom. The molecular formula is C4H3BrClN3. The van der Waals surface area contributed by atoms with Crippen LogP contribution in [0.25, 0.3) is 0 Å². The van der Waals surface area contributed by atoms with Crippen LogP contribution in [0.15, 0.2) is 12.4 Å². The topological polar surface area (TPSA) is 37.8 Å². The summed E-state index contributed by atoms with van der Waals surface area (Å²) in [4.78, 5) is 7.60. The number of halogens is 2. The summed E-state index contributed by atoms with van der Waals surface area (Å²) in [5.74, 6) is 0.527. The predicted molar refractivity (Wildman–Crippen MR) is 39.6 cm³/mol. The van der Waals surface area contributed by atoms with E-state index >= 15 is 0 Å². The lowest BCUT2D eigenvalue weighted by atomic mass is 10.7. The van der Waals surface area contributed by atoms with Gasteiger partial charge in [0.2, 0.25) is 0 Å². The van der Waals surface area contributed by atoms with Crippen LogP contribution in [0.5, 0.6) is 0 Å².